The highest BCUT2D eigenvalue weighted by Gasteiger charge is 2.32. The fraction of sp³-hybridized carbons (Fsp3) is 0.375. The third-order valence-electron chi connectivity index (χ3n) is 5.37. The Hall–Kier alpha value is -3.19. The molecular formula is C24H30N4O3. The van der Waals surface area contributed by atoms with Gasteiger partial charge in [-0.1, -0.05) is 37.3 Å². The van der Waals surface area contributed by atoms with Crippen LogP contribution in [-0.2, 0) is 14.4 Å². The number of likely N-dealkylation sites (tertiary alicyclic amines) is 1. The zero-order chi connectivity index (χ0) is 22.2. The molecule has 0 unspecified atom stereocenters. The topological polar surface area (TPSA) is 81.8 Å². The van der Waals surface area contributed by atoms with Crippen LogP contribution in [0.4, 0.5) is 11.4 Å². The molecule has 3 amide bonds. The number of likely N-dealkylation sites (N-methyl/N-ethyl adjacent to an activating group) is 1. The Bertz CT molecular complexity index is 893. The van der Waals surface area contributed by atoms with E-state index in [4.69, 9.17) is 0 Å². The summed E-state index contributed by atoms with van der Waals surface area (Å²) in [5.41, 5.74) is 2.20. The molecular weight excluding hydrogens is 392 g/mol. The summed E-state index contributed by atoms with van der Waals surface area (Å²) in [5.74, 6) is -0.285. The number of nitrogens with one attached hydrogen (secondary N) is 2. The van der Waals surface area contributed by atoms with Crippen LogP contribution in [0.1, 0.15) is 38.3 Å². The molecule has 2 aromatic carbocycles. The number of hydrogen-bond acceptors (Lipinski definition) is 4. The molecule has 1 aliphatic heterocycles. The monoisotopic (exact) mass is 422 g/mol. The molecule has 0 bridgehead atoms. The first-order chi connectivity index (χ1) is 15.0. The van der Waals surface area contributed by atoms with Crippen LogP contribution in [0.3, 0.4) is 0 Å². The number of carbonyl (C=O) groups is 3. The van der Waals surface area contributed by atoms with Crippen LogP contribution in [0.2, 0.25) is 0 Å². The van der Waals surface area contributed by atoms with Crippen molar-refractivity contribution in [2.45, 2.75) is 32.7 Å². The number of anilines is 2. The van der Waals surface area contributed by atoms with Gasteiger partial charge in [-0.05, 0) is 49.2 Å². The maximum Gasteiger partial charge on any atom is 0.244 e. The summed E-state index contributed by atoms with van der Waals surface area (Å²) < 4.78 is 0. The van der Waals surface area contributed by atoms with Gasteiger partial charge in [-0.15, -0.1) is 0 Å². The van der Waals surface area contributed by atoms with E-state index in [9.17, 15) is 14.4 Å². The molecule has 0 spiro atoms. The highest BCUT2D eigenvalue weighted by atomic mass is 16.2. The van der Waals surface area contributed by atoms with E-state index in [1.807, 2.05) is 47.1 Å². The first-order valence-electron chi connectivity index (χ1n) is 10.7. The zero-order valence-corrected chi connectivity index (χ0v) is 18.1. The second-order valence-corrected chi connectivity index (χ2v) is 7.72. The van der Waals surface area contributed by atoms with E-state index in [-0.39, 0.29) is 24.3 Å². The highest BCUT2D eigenvalue weighted by molar-refractivity contribution is 5.94. The fourth-order valence-electron chi connectivity index (χ4n) is 3.87. The van der Waals surface area contributed by atoms with Crippen LogP contribution >= 0.6 is 0 Å². The molecule has 31 heavy (non-hydrogen) atoms. The summed E-state index contributed by atoms with van der Waals surface area (Å²) in [4.78, 5) is 41.1. The Balaban J connectivity index is 1.71. The molecule has 164 valence electrons. The Morgan fingerprint density at radius 3 is 2.06 bits per heavy atom. The summed E-state index contributed by atoms with van der Waals surface area (Å²) in [7, 11) is 0. The first kappa shape index (κ1) is 22.5. The predicted molar refractivity (Wildman–Crippen MR) is 122 cm³/mol. The van der Waals surface area contributed by atoms with Crippen molar-refractivity contribution in [1.82, 2.24) is 9.80 Å². The zero-order valence-electron chi connectivity index (χ0n) is 18.1. The van der Waals surface area contributed by atoms with Gasteiger partial charge in [0.1, 0.15) is 6.04 Å². The molecule has 2 aromatic rings. The largest absolute Gasteiger partial charge is 0.341 e. The Labute approximate surface area is 183 Å². The van der Waals surface area contributed by atoms with Crippen molar-refractivity contribution in [3.63, 3.8) is 0 Å². The SMILES string of the molecule is CCN(CC(=O)Nc1ccc(NC(C)=O)cc1)[C@H](C(=O)N1CCCC1)c1ccccc1. The molecule has 1 aliphatic rings. The number of hydrogen-bond donors (Lipinski definition) is 2. The second-order valence-electron chi connectivity index (χ2n) is 7.72. The van der Waals surface area contributed by atoms with Crippen molar-refractivity contribution in [1.29, 1.82) is 0 Å². The lowest BCUT2D eigenvalue weighted by Crippen LogP contribution is -2.44. The van der Waals surface area contributed by atoms with Crippen molar-refractivity contribution in [2.24, 2.45) is 0 Å². The third kappa shape index (κ3) is 6.15. The van der Waals surface area contributed by atoms with Crippen LogP contribution in [-0.4, -0.2) is 53.7 Å². The van der Waals surface area contributed by atoms with Gasteiger partial charge in [0, 0.05) is 31.4 Å². The molecule has 1 atom stereocenters. The molecule has 0 aliphatic carbocycles. The van der Waals surface area contributed by atoms with Crippen molar-refractivity contribution in [3.8, 4) is 0 Å². The molecule has 1 heterocycles. The van der Waals surface area contributed by atoms with Crippen molar-refractivity contribution >= 4 is 29.1 Å². The Morgan fingerprint density at radius 1 is 0.935 bits per heavy atom. The predicted octanol–water partition coefficient (Wildman–Crippen LogP) is 3.27. The van der Waals surface area contributed by atoms with Crippen LogP contribution < -0.4 is 10.6 Å². The van der Waals surface area contributed by atoms with Gasteiger partial charge < -0.3 is 15.5 Å². The van der Waals surface area contributed by atoms with Gasteiger partial charge in [0.25, 0.3) is 0 Å². The normalized spacial score (nSPS) is 14.4. The molecule has 0 radical (unpaired) electrons. The van der Waals surface area contributed by atoms with Gasteiger partial charge in [0.05, 0.1) is 6.54 Å². The summed E-state index contributed by atoms with van der Waals surface area (Å²) >= 11 is 0. The van der Waals surface area contributed by atoms with E-state index in [2.05, 4.69) is 10.6 Å². The van der Waals surface area contributed by atoms with E-state index in [1.54, 1.807) is 24.3 Å². The number of carbonyl (C=O) groups excluding carboxylic acids is 3. The lowest BCUT2D eigenvalue weighted by molar-refractivity contribution is -0.136. The highest BCUT2D eigenvalue weighted by Crippen LogP contribution is 2.25. The van der Waals surface area contributed by atoms with Crippen molar-refractivity contribution in [3.05, 3.63) is 60.2 Å². The quantitative estimate of drug-likeness (QED) is 0.684. The number of nitrogens with zero attached hydrogens (tertiary/aromatic N) is 2. The summed E-state index contributed by atoms with van der Waals surface area (Å²) in [6.07, 6.45) is 2.04. The summed E-state index contributed by atoms with van der Waals surface area (Å²) in [6.45, 7) is 5.61. The third-order valence-corrected chi connectivity index (χ3v) is 5.37. The fourth-order valence-corrected chi connectivity index (χ4v) is 3.87. The van der Waals surface area contributed by atoms with Crippen LogP contribution in [0.5, 0.6) is 0 Å². The van der Waals surface area contributed by atoms with Crippen molar-refractivity contribution in [2.75, 3.05) is 36.8 Å². The number of benzene rings is 2. The van der Waals surface area contributed by atoms with Gasteiger partial charge in [-0.2, -0.15) is 0 Å². The Kier molecular flexibility index (Phi) is 7.78. The number of rotatable bonds is 8. The van der Waals surface area contributed by atoms with Crippen LogP contribution in [0.15, 0.2) is 54.6 Å². The second kappa shape index (κ2) is 10.7. The average molecular weight is 423 g/mol. The average Bonchev–Trinajstić information content (AvgIpc) is 3.30. The van der Waals surface area contributed by atoms with Crippen LogP contribution in [0, 0.1) is 0 Å². The smallest absolute Gasteiger partial charge is 0.244 e. The van der Waals surface area contributed by atoms with E-state index < -0.39 is 6.04 Å². The molecule has 1 fully saturated rings. The minimum atomic E-state index is -0.489. The first-order valence-corrected chi connectivity index (χ1v) is 10.7. The maximum absolute atomic E-state index is 13.3. The van der Waals surface area contributed by atoms with Crippen LogP contribution in [0.25, 0.3) is 0 Å². The minimum absolute atomic E-state index is 0.0537. The lowest BCUT2D eigenvalue weighted by atomic mass is 10.0. The van der Waals surface area contributed by atoms with E-state index in [0.717, 1.165) is 31.5 Å². The van der Waals surface area contributed by atoms with Gasteiger partial charge >= 0.3 is 0 Å². The molecule has 0 saturated carbocycles. The minimum Gasteiger partial charge on any atom is -0.341 e. The maximum atomic E-state index is 13.3. The standard InChI is InChI=1S/C24H30N4O3/c1-3-27(17-22(30)26-21-13-11-20(12-14-21)25-18(2)29)23(19-9-5-4-6-10-19)24(31)28-15-7-8-16-28/h4-6,9-14,23H,3,7-8,15-17H2,1-2H3,(H,25,29)(H,26,30)/t23-/m0/s1. The summed E-state index contributed by atoms with van der Waals surface area (Å²) in [5, 5.41) is 5.58. The Morgan fingerprint density at radius 2 is 1.52 bits per heavy atom. The van der Waals surface area contributed by atoms with E-state index in [1.165, 1.54) is 6.92 Å². The van der Waals surface area contributed by atoms with Gasteiger partial charge in [-0.3, -0.25) is 19.3 Å². The van der Waals surface area contributed by atoms with Gasteiger partial charge in [0.15, 0.2) is 0 Å². The molecule has 3 rings (SSSR count). The van der Waals surface area contributed by atoms with E-state index >= 15 is 0 Å². The van der Waals surface area contributed by atoms with Crippen molar-refractivity contribution < 1.29 is 14.4 Å². The molecule has 7 heteroatoms. The number of amides is 3. The molecule has 2 N–H and O–H groups in total. The lowest BCUT2D eigenvalue weighted by Gasteiger charge is -2.32. The summed E-state index contributed by atoms with van der Waals surface area (Å²) in [6, 6.07) is 16.1. The van der Waals surface area contributed by atoms with E-state index in [0.29, 0.717) is 17.9 Å². The van der Waals surface area contributed by atoms with Gasteiger partial charge in [-0.25, -0.2) is 0 Å². The molecule has 7 nitrogen and oxygen atoms in total. The molecule has 0 aromatic heterocycles. The molecule has 1 saturated heterocycles. The van der Waals surface area contributed by atoms with Gasteiger partial charge in [0.2, 0.25) is 17.7 Å².